The summed E-state index contributed by atoms with van der Waals surface area (Å²) in [5, 5.41) is 16.5. The Morgan fingerprint density at radius 1 is 1.31 bits per heavy atom. The quantitative estimate of drug-likeness (QED) is 0.378. The van der Waals surface area contributed by atoms with Crippen molar-refractivity contribution in [1.82, 2.24) is 20.8 Å². The fourth-order valence-corrected chi connectivity index (χ4v) is 3.42. The van der Waals surface area contributed by atoms with Crippen molar-refractivity contribution >= 4 is 41.3 Å². The van der Waals surface area contributed by atoms with Crippen molar-refractivity contribution < 1.29 is 8.78 Å². The first-order chi connectivity index (χ1) is 12.0. The van der Waals surface area contributed by atoms with Gasteiger partial charge in [0, 0.05) is 30.5 Å². The average Bonchev–Trinajstić information content (AvgIpc) is 3.14. The van der Waals surface area contributed by atoms with Crippen LogP contribution < -0.4 is 10.6 Å². The Balaban J connectivity index is 0.00000243. The fourth-order valence-electron chi connectivity index (χ4n) is 2.64. The topological polar surface area (TPSA) is 62.2 Å². The minimum absolute atomic E-state index is 0. The lowest BCUT2D eigenvalue weighted by Crippen LogP contribution is -2.38. The normalized spacial score (nSPS) is 19.2. The van der Waals surface area contributed by atoms with Crippen LogP contribution in [0.2, 0.25) is 0 Å². The van der Waals surface area contributed by atoms with Gasteiger partial charge >= 0.3 is 0 Å². The van der Waals surface area contributed by atoms with Crippen LogP contribution >= 0.6 is 35.3 Å². The molecule has 2 atom stereocenters. The third-order valence-corrected chi connectivity index (χ3v) is 5.31. The van der Waals surface area contributed by atoms with Crippen LogP contribution in [0, 0.1) is 11.6 Å². The smallest absolute Gasteiger partial charge is 0.191 e. The SMILES string of the molecule is CN=C(NCc1nnc(C(C)C)s1)NC1CC1c1c(F)cccc1F.I. The van der Waals surface area contributed by atoms with Crippen LogP contribution in [-0.2, 0) is 6.54 Å². The van der Waals surface area contributed by atoms with E-state index >= 15 is 0 Å². The molecule has 1 aliphatic rings. The van der Waals surface area contributed by atoms with Crippen LogP contribution in [0.5, 0.6) is 0 Å². The molecule has 2 aromatic rings. The van der Waals surface area contributed by atoms with Crippen molar-refractivity contribution in [2.45, 2.75) is 44.7 Å². The lowest BCUT2D eigenvalue weighted by atomic mass is 10.1. The van der Waals surface area contributed by atoms with E-state index in [1.165, 1.54) is 18.2 Å². The first-order valence-corrected chi connectivity index (χ1v) is 9.04. The van der Waals surface area contributed by atoms with Crippen molar-refractivity contribution in [1.29, 1.82) is 0 Å². The fraction of sp³-hybridized carbons (Fsp3) is 0.471. The summed E-state index contributed by atoms with van der Waals surface area (Å²) >= 11 is 1.56. The molecule has 0 bridgehead atoms. The summed E-state index contributed by atoms with van der Waals surface area (Å²) in [6.45, 7) is 4.66. The molecule has 1 aromatic carbocycles. The second kappa shape index (κ2) is 9.03. The number of guanidine groups is 1. The second-order valence-electron chi connectivity index (χ2n) is 6.34. The lowest BCUT2D eigenvalue weighted by Gasteiger charge is -2.11. The van der Waals surface area contributed by atoms with E-state index in [1.54, 1.807) is 18.4 Å². The van der Waals surface area contributed by atoms with Gasteiger partial charge in [-0.15, -0.1) is 34.2 Å². The van der Waals surface area contributed by atoms with E-state index in [0.29, 0.717) is 24.8 Å². The molecule has 1 saturated carbocycles. The molecule has 2 N–H and O–H groups in total. The second-order valence-corrected chi connectivity index (χ2v) is 7.44. The van der Waals surface area contributed by atoms with Gasteiger partial charge in [0.25, 0.3) is 0 Å². The van der Waals surface area contributed by atoms with Gasteiger partial charge in [0.05, 0.1) is 6.54 Å². The van der Waals surface area contributed by atoms with E-state index < -0.39 is 11.6 Å². The summed E-state index contributed by atoms with van der Waals surface area (Å²) in [6.07, 6.45) is 0.675. The van der Waals surface area contributed by atoms with Gasteiger partial charge in [-0.05, 0) is 18.6 Å². The molecular formula is C17H22F2IN5S. The van der Waals surface area contributed by atoms with Crippen LogP contribution in [0.1, 0.15) is 47.7 Å². The monoisotopic (exact) mass is 493 g/mol. The van der Waals surface area contributed by atoms with Gasteiger partial charge < -0.3 is 10.6 Å². The molecule has 1 fully saturated rings. The zero-order chi connectivity index (χ0) is 18.0. The number of nitrogens with one attached hydrogen (secondary N) is 2. The number of nitrogens with zero attached hydrogens (tertiary/aromatic N) is 3. The molecule has 2 unspecified atom stereocenters. The summed E-state index contributed by atoms with van der Waals surface area (Å²) in [7, 11) is 1.66. The molecule has 26 heavy (non-hydrogen) atoms. The molecule has 1 aromatic heterocycles. The van der Waals surface area contributed by atoms with E-state index in [1.807, 2.05) is 0 Å². The predicted octanol–water partition coefficient (Wildman–Crippen LogP) is 3.78. The Labute approximate surface area is 172 Å². The molecule has 1 heterocycles. The largest absolute Gasteiger partial charge is 0.353 e. The molecule has 3 rings (SSSR count). The molecule has 0 saturated heterocycles. The van der Waals surface area contributed by atoms with Crippen LogP contribution in [-0.4, -0.2) is 29.2 Å². The Kier molecular flexibility index (Phi) is 7.27. The summed E-state index contributed by atoms with van der Waals surface area (Å²) in [4.78, 5) is 4.16. The highest BCUT2D eigenvalue weighted by Gasteiger charge is 2.42. The zero-order valence-electron chi connectivity index (χ0n) is 14.8. The van der Waals surface area contributed by atoms with Gasteiger partial charge in [0.1, 0.15) is 21.6 Å². The van der Waals surface area contributed by atoms with E-state index in [2.05, 4.69) is 39.7 Å². The third-order valence-electron chi connectivity index (χ3n) is 4.09. The number of benzene rings is 1. The van der Waals surface area contributed by atoms with Crippen LogP contribution in [0.4, 0.5) is 8.78 Å². The minimum atomic E-state index is -0.493. The lowest BCUT2D eigenvalue weighted by molar-refractivity contribution is 0.553. The third kappa shape index (κ3) is 4.87. The standard InChI is InChI=1S/C17H21F2N5S.HI/c1-9(2)16-24-23-14(25-16)8-21-17(20-3)22-13-7-10(13)15-11(18)5-4-6-12(15)19;/h4-6,9-10,13H,7-8H2,1-3H3,(H2,20,21,22);1H. The Bertz CT molecular complexity index is 760. The van der Waals surface area contributed by atoms with Crippen molar-refractivity contribution in [3.05, 3.63) is 45.4 Å². The van der Waals surface area contributed by atoms with E-state index in [0.717, 1.165) is 10.0 Å². The zero-order valence-corrected chi connectivity index (χ0v) is 17.9. The van der Waals surface area contributed by atoms with Gasteiger partial charge in [-0.1, -0.05) is 31.3 Å². The molecule has 9 heteroatoms. The molecule has 0 spiro atoms. The Morgan fingerprint density at radius 2 is 2.00 bits per heavy atom. The number of hydrogen-bond acceptors (Lipinski definition) is 4. The molecule has 5 nitrogen and oxygen atoms in total. The molecule has 0 radical (unpaired) electrons. The minimum Gasteiger partial charge on any atom is -0.353 e. The van der Waals surface area contributed by atoms with Crippen molar-refractivity contribution in [3.63, 3.8) is 0 Å². The summed E-state index contributed by atoms with van der Waals surface area (Å²) < 4.78 is 27.7. The highest BCUT2D eigenvalue weighted by Crippen LogP contribution is 2.43. The van der Waals surface area contributed by atoms with Gasteiger partial charge in [-0.25, -0.2) is 8.78 Å². The highest BCUT2D eigenvalue weighted by molar-refractivity contribution is 14.0. The summed E-state index contributed by atoms with van der Waals surface area (Å²) in [6, 6.07) is 3.94. The van der Waals surface area contributed by atoms with Gasteiger partial charge in [0.15, 0.2) is 5.96 Å². The number of aliphatic imine (C=N–C) groups is 1. The van der Waals surface area contributed by atoms with Crippen molar-refractivity contribution in [2.24, 2.45) is 4.99 Å². The molecule has 1 aliphatic carbocycles. The average molecular weight is 493 g/mol. The number of aromatic nitrogens is 2. The number of hydrogen-bond donors (Lipinski definition) is 2. The van der Waals surface area contributed by atoms with Gasteiger partial charge in [-0.3, -0.25) is 4.99 Å². The van der Waals surface area contributed by atoms with Crippen molar-refractivity contribution in [3.8, 4) is 0 Å². The number of halogens is 3. The van der Waals surface area contributed by atoms with Crippen LogP contribution in [0.15, 0.2) is 23.2 Å². The molecule has 0 aliphatic heterocycles. The van der Waals surface area contributed by atoms with E-state index in [9.17, 15) is 8.78 Å². The highest BCUT2D eigenvalue weighted by atomic mass is 127. The molecule has 0 amide bonds. The van der Waals surface area contributed by atoms with Crippen LogP contribution in [0.3, 0.4) is 0 Å². The molecular weight excluding hydrogens is 471 g/mol. The van der Waals surface area contributed by atoms with E-state index in [-0.39, 0.29) is 41.5 Å². The maximum atomic E-state index is 13.8. The Morgan fingerprint density at radius 3 is 2.58 bits per heavy atom. The van der Waals surface area contributed by atoms with E-state index in [4.69, 9.17) is 0 Å². The maximum Gasteiger partial charge on any atom is 0.191 e. The maximum absolute atomic E-state index is 13.8. The predicted molar refractivity (Wildman–Crippen MR) is 110 cm³/mol. The van der Waals surface area contributed by atoms with Crippen molar-refractivity contribution in [2.75, 3.05) is 7.05 Å². The van der Waals surface area contributed by atoms with Gasteiger partial charge in [0.2, 0.25) is 0 Å². The first-order valence-electron chi connectivity index (χ1n) is 8.23. The molecule has 142 valence electrons. The Hall–Kier alpha value is -1.36. The summed E-state index contributed by atoms with van der Waals surface area (Å²) in [5.74, 6) is -0.217. The number of rotatable bonds is 5. The first kappa shape index (κ1) is 20.9. The summed E-state index contributed by atoms with van der Waals surface area (Å²) in [5.41, 5.74) is 0.154. The van der Waals surface area contributed by atoms with Gasteiger partial charge in [-0.2, -0.15) is 0 Å². The van der Waals surface area contributed by atoms with Crippen LogP contribution in [0.25, 0.3) is 0 Å².